The third-order valence-corrected chi connectivity index (χ3v) is 6.19. The maximum Gasteiger partial charge on any atom is 0.295 e. The van der Waals surface area contributed by atoms with Gasteiger partial charge in [0.25, 0.3) is 10.1 Å². The summed E-state index contributed by atoms with van der Waals surface area (Å²) in [5.74, 6) is 0.764. The summed E-state index contributed by atoms with van der Waals surface area (Å²) in [6.07, 6.45) is 0.558. The third-order valence-electron chi connectivity index (χ3n) is 4.54. The first-order valence-corrected chi connectivity index (χ1v) is 10.6. The zero-order valence-corrected chi connectivity index (χ0v) is 18.1. The Kier molecular flexibility index (Phi) is 8.29. The summed E-state index contributed by atoms with van der Waals surface area (Å²) in [6, 6.07) is 9.41. The predicted molar refractivity (Wildman–Crippen MR) is 107 cm³/mol. The van der Waals surface area contributed by atoms with E-state index in [0.29, 0.717) is 19.6 Å². The van der Waals surface area contributed by atoms with Crippen molar-refractivity contribution in [1.29, 1.82) is 0 Å². The van der Waals surface area contributed by atoms with Crippen molar-refractivity contribution < 1.29 is 27.2 Å². The van der Waals surface area contributed by atoms with E-state index >= 15 is 0 Å². The van der Waals surface area contributed by atoms with Gasteiger partial charge in [-0.25, -0.2) is 0 Å². The Morgan fingerprint density at radius 3 is 1.96 bits per heavy atom. The molecule has 7 heteroatoms. The van der Waals surface area contributed by atoms with Crippen LogP contribution in [0.2, 0.25) is 0 Å². The number of rotatable bonds is 11. The van der Waals surface area contributed by atoms with Gasteiger partial charge in [0.2, 0.25) is 0 Å². The lowest BCUT2D eigenvalue weighted by molar-refractivity contribution is -0.0852. The molecule has 156 valence electrons. The van der Waals surface area contributed by atoms with E-state index in [4.69, 9.17) is 14.2 Å². The van der Waals surface area contributed by atoms with E-state index in [1.54, 1.807) is 13.8 Å². The van der Waals surface area contributed by atoms with Crippen LogP contribution in [0.3, 0.4) is 0 Å². The molecule has 0 fully saturated rings. The molecule has 0 aliphatic rings. The first kappa shape index (κ1) is 23.9. The summed E-state index contributed by atoms with van der Waals surface area (Å²) >= 11 is 0. The summed E-state index contributed by atoms with van der Waals surface area (Å²) in [5, 5.41) is 0. The van der Waals surface area contributed by atoms with Gasteiger partial charge in [-0.3, -0.25) is 4.55 Å². The zero-order chi connectivity index (χ0) is 20.8. The SMILES string of the molecule is CC(C)(C)CC(C)(C)C(C)(OCCOCCOc1ccccc1)S(=O)(=O)O. The smallest absolute Gasteiger partial charge is 0.295 e. The lowest BCUT2D eigenvalue weighted by atomic mass is 9.73. The molecule has 0 saturated heterocycles. The van der Waals surface area contributed by atoms with Gasteiger partial charge >= 0.3 is 0 Å². The molecule has 0 radical (unpaired) electrons. The largest absolute Gasteiger partial charge is 0.491 e. The zero-order valence-electron chi connectivity index (χ0n) is 17.3. The number of ether oxygens (including phenoxy) is 3. The lowest BCUT2D eigenvalue weighted by Gasteiger charge is -2.44. The number of hydrogen-bond acceptors (Lipinski definition) is 5. The Bertz CT molecular complexity index is 663. The molecule has 0 aromatic heterocycles. The predicted octanol–water partition coefficient (Wildman–Crippen LogP) is 4.17. The van der Waals surface area contributed by atoms with Crippen molar-refractivity contribution in [3.05, 3.63) is 30.3 Å². The van der Waals surface area contributed by atoms with Crippen molar-refractivity contribution in [1.82, 2.24) is 0 Å². The molecule has 1 N–H and O–H groups in total. The Morgan fingerprint density at radius 1 is 0.889 bits per heavy atom. The van der Waals surface area contributed by atoms with Gasteiger partial charge in [-0.15, -0.1) is 0 Å². The topological polar surface area (TPSA) is 82.1 Å². The van der Waals surface area contributed by atoms with E-state index < -0.39 is 20.5 Å². The van der Waals surface area contributed by atoms with Gasteiger partial charge in [-0.1, -0.05) is 52.8 Å². The van der Waals surface area contributed by atoms with E-state index in [2.05, 4.69) is 0 Å². The summed E-state index contributed by atoms with van der Waals surface area (Å²) < 4.78 is 50.6. The van der Waals surface area contributed by atoms with Crippen LogP contribution in [0.1, 0.15) is 48.0 Å². The maximum atomic E-state index is 12.1. The molecule has 0 bridgehead atoms. The standard InChI is InChI=1S/C20H34O6S/c1-18(2,3)16-19(4,5)20(6,27(21,22)23)26-15-13-24-12-14-25-17-10-8-7-9-11-17/h7-11H,12-16H2,1-6H3,(H,21,22,23). The van der Waals surface area contributed by atoms with Crippen LogP contribution in [0, 0.1) is 10.8 Å². The number of hydrogen-bond donors (Lipinski definition) is 1. The normalized spacial score (nSPS) is 15.4. The van der Waals surface area contributed by atoms with Crippen molar-refractivity contribution in [3.63, 3.8) is 0 Å². The van der Waals surface area contributed by atoms with Gasteiger partial charge in [0.1, 0.15) is 12.4 Å². The Labute approximate surface area is 164 Å². The van der Waals surface area contributed by atoms with Gasteiger partial charge in [0, 0.05) is 5.41 Å². The number of benzene rings is 1. The minimum atomic E-state index is -4.43. The molecule has 0 spiro atoms. The number of para-hydroxylation sites is 1. The lowest BCUT2D eigenvalue weighted by Crippen LogP contribution is -2.52. The van der Waals surface area contributed by atoms with Gasteiger partial charge in [0.05, 0.1) is 19.8 Å². The monoisotopic (exact) mass is 402 g/mol. The molecule has 1 unspecified atom stereocenters. The summed E-state index contributed by atoms with van der Waals surface area (Å²) in [6.45, 7) is 12.1. The van der Waals surface area contributed by atoms with Crippen LogP contribution in [0.15, 0.2) is 30.3 Å². The molecule has 1 atom stereocenters. The molecule has 0 aliphatic heterocycles. The molecular formula is C20H34O6S. The molecule has 0 saturated carbocycles. The minimum absolute atomic E-state index is 0.0508. The molecule has 6 nitrogen and oxygen atoms in total. The molecule has 0 amide bonds. The van der Waals surface area contributed by atoms with Crippen LogP contribution in [-0.2, 0) is 19.6 Å². The second kappa shape index (κ2) is 9.37. The average Bonchev–Trinajstić information content (AvgIpc) is 2.51. The van der Waals surface area contributed by atoms with Crippen LogP contribution in [0.25, 0.3) is 0 Å². The molecule has 27 heavy (non-hydrogen) atoms. The second-order valence-corrected chi connectivity index (χ2v) is 10.4. The fourth-order valence-corrected chi connectivity index (χ4v) is 4.24. The molecule has 0 aliphatic carbocycles. The summed E-state index contributed by atoms with van der Waals surface area (Å²) in [4.78, 5) is -1.73. The van der Waals surface area contributed by atoms with Crippen LogP contribution in [0.5, 0.6) is 5.75 Å². The first-order valence-electron chi connectivity index (χ1n) is 9.15. The average molecular weight is 403 g/mol. The van der Waals surface area contributed by atoms with Gasteiger partial charge in [0.15, 0.2) is 4.93 Å². The maximum absolute atomic E-state index is 12.1. The van der Waals surface area contributed by atoms with E-state index in [1.165, 1.54) is 6.92 Å². The molecule has 0 heterocycles. The minimum Gasteiger partial charge on any atom is -0.491 e. The highest BCUT2D eigenvalue weighted by Gasteiger charge is 2.53. The van der Waals surface area contributed by atoms with Crippen LogP contribution >= 0.6 is 0 Å². The molecule has 1 aromatic rings. The second-order valence-electron chi connectivity index (χ2n) is 8.66. The van der Waals surface area contributed by atoms with Gasteiger partial charge < -0.3 is 14.2 Å². The molecule has 1 aromatic carbocycles. The Morgan fingerprint density at radius 2 is 1.44 bits per heavy atom. The van der Waals surface area contributed by atoms with Crippen molar-refractivity contribution >= 4 is 10.1 Å². The summed E-state index contributed by atoms with van der Waals surface area (Å²) in [5.41, 5.74) is -0.917. The van der Waals surface area contributed by atoms with Crippen LogP contribution in [0.4, 0.5) is 0 Å². The van der Waals surface area contributed by atoms with E-state index in [-0.39, 0.29) is 18.6 Å². The quantitative estimate of drug-likeness (QED) is 0.442. The highest BCUT2D eigenvalue weighted by atomic mass is 32.2. The third kappa shape index (κ3) is 7.41. The van der Waals surface area contributed by atoms with Crippen LogP contribution in [-0.4, -0.2) is 44.3 Å². The van der Waals surface area contributed by atoms with E-state index in [0.717, 1.165) is 5.75 Å². The van der Waals surface area contributed by atoms with Crippen molar-refractivity contribution in [2.75, 3.05) is 26.4 Å². The first-order chi connectivity index (χ1) is 12.3. The van der Waals surface area contributed by atoms with Crippen molar-refractivity contribution in [3.8, 4) is 5.75 Å². The fraction of sp³-hybridized carbons (Fsp3) is 0.700. The van der Waals surface area contributed by atoms with Crippen molar-refractivity contribution in [2.24, 2.45) is 10.8 Å². The fourth-order valence-electron chi connectivity index (χ4n) is 3.24. The highest BCUT2D eigenvalue weighted by molar-refractivity contribution is 7.87. The van der Waals surface area contributed by atoms with Crippen LogP contribution < -0.4 is 4.74 Å². The molecule has 1 rings (SSSR count). The van der Waals surface area contributed by atoms with E-state index in [1.807, 2.05) is 51.1 Å². The molecular weight excluding hydrogens is 368 g/mol. The highest BCUT2D eigenvalue weighted by Crippen LogP contribution is 2.45. The summed E-state index contributed by atoms with van der Waals surface area (Å²) in [7, 11) is -4.43. The Balaban J connectivity index is 2.51. The van der Waals surface area contributed by atoms with Gasteiger partial charge in [-0.2, -0.15) is 8.42 Å². The van der Waals surface area contributed by atoms with Crippen molar-refractivity contribution in [2.45, 2.75) is 52.9 Å². The Hall–Kier alpha value is -1.15. The van der Waals surface area contributed by atoms with E-state index in [9.17, 15) is 13.0 Å². The van der Waals surface area contributed by atoms with Gasteiger partial charge in [-0.05, 0) is 30.9 Å².